The predicted molar refractivity (Wildman–Crippen MR) is 116 cm³/mol. The molecule has 1 amide bonds. The molecule has 13 heteroatoms. The molecule has 0 saturated carbocycles. The molecule has 0 saturated heterocycles. The Hall–Kier alpha value is -3.42. The largest absolute Gasteiger partial charge is 0.289 e. The van der Waals surface area contributed by atoms with Crippen LogP contribution in [-0.2, 0) is 27.8 Å². The van der Waals surface area contributed by atoms with Crippen LogP contribution in [0.2, 0.25) is 0 Å². The van der Waals surface area contributed by atoms with Gasteiger partial charge in [0.25, 0.3) is 0 Å². The van der Waals surface area contributed by atoms with Crippen LogP contribution in [0.5, 0.6) is 0 Å². The van der Waals surface area contributed by atoms with Crippen molar-refractivity contribution < 1.29 is 40.4 Å². The SMILES string of the molecule is CC(c1cccc(F)c1)N(Cc1ccc(CCC(=O)NO)cn1)S(=O)(=O)c1cc(F)c(F)c(F)c1F. The second-order valence-electron chi connectivity index (χ2n) is 7.77. The quantitative estimate of drug-likeness (QED) is 0.143. The summed E-state index contributed by atoms with van der Waals surface area (Å²) in [5.74, 6) is -9.77. The van der Waals surface area contributed by atoms with Crippen molar-refractivity contribution in [2.45, 2.75) is 37.2 Å². The van der Waals surface area contributed by atoms with Gasteiger partial charge in [-0.3, -0.25) is 15.0 Å². The molecule has 0 spiro atoms. The van der Waals surface area contributed by atoms with Gasteiger partial charge in [0.2, 0.25) is 15.9 Å². The number of nitrogens with one attached hydrogen (secondary N) is 1. The van der Waals surface area contributed by atoms with Gasteiger partial charge < -0.3 is 0 Å². The van der Waals surface area contributed by atoms with E-state index in [2.05, 4.69) is 4.98 Å². The molecule has 1 heterocycles. The molecule has 1 atom stereocenters. The summed E-state index contributed by atoms with van der Waals surface area (Å²) in [5, 5.41) is 8.56. The number of pyridine rings is 1. The lowest BCUT2D eigenvalue weighted by molar-refractivity contribution is -0.129. The zero-order chi connectivity index (χ0) is 26.6. The lowest BCUT2D eigenvalue weighted by Crippen LogP contribution is -2.34. The highest BCUT2D eigenvalue weighted by Gasteiger charge is 2.35. The molecule has 0 aliphatic heterocycles. The van der Waals surface area contributed by atoms with Gasteiger partial charge >= 0.3 is 0 Å². The van der Waals surface area contributed by atoms with Crippen molar-refractivity contribution in [2.75, 3.05) is 0 Å². The molecule has 0 aliphatic rings. The molecule has 192 valence electrons. The number of carbonyl (C=O) groups excluding carboxylic acids is 1. The van der Waals surface area contributed by atoms with E-state index in [0.717, 1.165) is 12.1 Å². The van der Waals surface area contributed by atoms with Crippen LogP contribution in [-0.4, -0.2) is 28.8 Å². The van der Waals surface area contributed by atoms with Crippen LogP contribution >= 0.6 is 0 Å². The minimum Gasteiger partial charge on any atom is -0.289 e. The summed E-state index contributed by atoms with van der Waals surface area (Å²) in [6, 6.07) is 6.69. The Morgan fingerprint density at radius 2 is 1.78 bits per heavy atom. The molecule has 0 radical (unpaired) electrons. The first kappa shape index (κ1) is 27.2. The van der Waals surface area contributed by atoms with Crippen LogP contribution < -0.4 is 5.48 Å². The van der Waals surface area contributed by atoms with Crippen molar-refractivity contribution in [1.82, 2.24) is 14.8 Å². The molecule has 36 heavy (non-hydrogen) atoms. The van der Waals surface area contributed by atoms with Gasteiger partial charge in [0, 0.05) is 24.7 Å². The average molecular weight is 529 g/mol. The van der Waals surface area contributed by atoms with Gasteiger partial charge in [-0.15, -0.1) is 0 Å². The Kier molecular flexibility index (Phi) is 8.38. The number of hydrogen-bond acceptors (Lipinski definition) is 5. The van der Waals surface area contributed by atoms with Gasteiger partial charge in [0.15, 0.2) is 23.3 Å². The fourth-order valence-corrected chi connectivity index (χ4v) is 5.06. The second kappa shape index (κ2) is 11.1. The number of amides is 1. The van der Waals surface area contributed by atoms with E-state index < -0.39 is 62.5 Å². The third-order valence-electron chi connectivity index (χ3n) is 5.39. The summed E-state index contributed by atoms with van der Waals surface area (Å²) < 4.78 is 96.9. The van der Waals surface area contributed by atoms with E-state index >= 15 is 0 Å². The van der Waals surface area contributed by atoms with E-state index in [1.807, 2.05) is 0 Å². The van der Waals surface area contributed by atoms with Crippen LogP contribution in [0.1, 0.15) is 36.2 Å². The first-order valence-corrected chi connectivity index (χ1v) is 11.9. The zero-order valence-electron chi connectivity index (χ0n) is 18.7. The number of aryl methyl sites for hydroxylation is 1. The molecule has 0 aliphatic carbocycles. The van der Waals surface area contributed by atoms with E-state index in [0.29, 0.717) is 9.87 Å². The standard InChI is InChI=1S/C23H20F5N3O4S/c1-13(15-3-2-4-16(24)9-15)31(12-17-7-5-14(11-29-17)6-8-20(32)30-33)36(34,35)19-10-18(25)21(26)23(28)22(19)27/h2-5,7,9-11,13,33H,6,8,12H2,1H3,(H,30,32). The number of halogens is 5. The molecule has 2 aromatic carbocycles. The van der Waals surface area contributed by atoms with Crippen molar-refractivity contribution in [2.24, 2.45) is 0 Å². The van der Waals surface area contributed by atoms with Crippen molar-refractivity contribution in [1.29, 1.82) is 0 Å². The van der Waals surface area contributed by atoms with Gasteiger partial charge in [-0.2, -0.15) is 4.31 Å². The summed E-state index contributed by atoms with van der Waals surface area (Å²) in [7, 11) is -5.02. The minimum atomic E-state index is -5.02. The van der Waals surface area contributed by atoms with E-state index in [9.17, 15) is 35.2 Å². The number of sulfonamides is 1. The third kappa shape index (κ3) is 5.86. The molecular formula is C23H20F5N3O4S. The molecule has 3 aromatic rings. The van der Waals surface area contributed by atoms with Gasteiger partial charge in [-0.25, -0.2) is 35.8 Å². The topological polar surface area (TPSA) is 99.6 Å². The Labute approximate surface area is 203 Å². The molecule has 0 bridgehead atoms. The molecule has 1 aromatic heterocycles. The van der Waals surface area contributed by atoms with E-state index in [-0.39, 0.29) is 30.2 Å². The molecular weight excluding hydrogens is 509 g/mol. The van der Waals surface area contributed by atoms with Crippen molar-refractivity contribution in [3.8, 4) is 0 Å². The summed E-state index contributed by atoms with van der Waals surface area (Å²) in [6.07, 6.45) is 1.51. The number of hydrogen-bond donors (Lipinski definition) is 2. The van der Waals surface area contributed by atoms with Crippen LogP contribution in [0.3, 0.4) is 0 Å². The normalized spacial score (nSPS) is 12.6. The summed E-state index contributed by atoms with van der Waals surface area (Å²) in [5.41, 5.74) is 2.33. The maximum atomic E-state index is 14.5. The number of aromatic nitrogens is 1. The maximum absolute atomic E-state index is 14.5. The Bertz CT molecular complexity index is 1370. The highest BCUT2D eigenvalue weighted by molar-refractivity contribution is 7.89. The fourth-order valence-electron chi connectivity index (χ4n) is 3.40. The molecule has 7 nitrogen and oxygen atoms in total. The lowest BCUT2D eigenvalue weighted by atomic mass is 10.1. The number of benzene rings is 2. The van der Waals surface area contributed by atoms with Crippen LogP contribution in [0.4, 0.5) is 22.0 Å². The molecule has 3 rings (SSSR count). The van der Waals surface area contributed by atoms with Crippen molar-refractivity contribution >= 4 is 15.9 Å². The van der Waals surface area contributed by atoms with Gasteiger partial charge in [-0.1, -0.05) is 18.2 Å². The van der Waals surface area contributed by atoms with Crippen molar-refractivity contribution in [3.63, 3.8) is 0 Å². The predicted octanol–water partition coefficient (Wildman–Crippen LogP) is 4.17. The first-order chi connectivity index (χ1) is 16.9. The number of carbonyl (C=O) groups is 1. The first-order valence-electron chi connectivity index (χ1n) is 10.4. The maximum Gasteiger partial charge on any atom is 0.247 e. The molecule has 2 N–H and O–H groups in total. The summed E-state index contributed by atoms with van der Waals surface area (Å²) >= 11 is 0. The van der Waals surface area contributed by atoms with E-state index in [1.165, 1.54) is 42.9 Å². The van der Waals surface area contributed by atoms with Crippen LogP contribution in [0, 0.1) is 29.1 Å². The van der Waals surface area contributed by atoms with Crippen LogP contribution in [0.25, 0.3) is 0 Å². The number of rotatable bonds is 9. The summed E-state index contributed by atoms with van der Waals surface area (Å²) in [6.45, 7) is 0.819. The average Bonchev–Trinajstić information content (AvgIpc) is 2.86. The van der Waals surface area contributed by atoms with Gasteiger partial charge in [0.1, 0.15) is 10.7 Å². The fraction of sp³-hybridized carbons (Fsp3) is 0.217. The third-order valence-corrected chi connectivity index (χ3v) is 7.30. The lowest BCUT2D eigenvalue weighted by Gasteiger charge is -2.29. The highest BCUT2D eigenvalue weighted by atomic mass is 32.2. The number of hydroxylamine groups is 1. The molecule has 1 unspecified atom stereocenters. The Morgan fingerprint density at radius 1 is 1.06 bits per heavy atom. The zero-order valence-corrected chi connectivity index (χ0v) is 19.5. The highest BCUT2D eigenvalue weighted by Crippen LogP contribution is 2.32. The second-order valence-corrected chi connectivity index (χ2v) is 9.63. The van der Waals surface area contributed by atoms with Gasteiger partial charge in [-0.05, 0) is 42.7 Å². The smallest absolute Gasteiger partial charge is 0.247 e. The van der Waals surface area contributed by atoms with Crippen molar-refractivity contribution in [3.05, 3.63) is 94.6 Å². The van der Waals surface area contributed by atoms with E-state index in [4.69, 9.17) is 5.21 Å². The Morgan fingerprint density at radius 3 is 2.39 bits per heavy atom. The monoisotopic (exact) mass is 529 g/mol. The number of nitrogens with zero attached hydrogens (tertiary/aromatic N) is 2. The van der Waals surface area contributed by atoms with E-state index in [1.54, 1.807) is 0 Å². The van der Waals surface area contributed by atoms with Crippen LogP contribution in [0.15, 0.2) is 53.6 Å². The minimum absolute atomic E-state index is 0.0388. The molecule has 0 fully saturated rings. The summed E-state index contributed by atoms with van der Waals surface area (Å²) in [4.78, 5) is 13.9. The van der Waals surface area contributed by atoms with Gasteiger partial charge in [0.05, 0.1) is 12.2 Å². The Balaban J connectivity index is 2.03.